The highest BCUT2D eigenvalue weighted by Gasteiger charge is 2.11. The lowest BCUT2D eigenvalue weighted by Gasteiger charge is -2.02. The first-order chi connectivity index (χ1) is 5.54. The van der Waals surface area contributed by atoms with Crippen LogP contribution in [0.15, 0.2) is 12.1 Å². The zero-order chi connectivity index (χ0) is 9.30. The Morgan fingerprint density at radius 1 is 1.58 bits per heavy atom. The lowest BCUT2D eigenvalue weighted by atomic mass is 10.1. The molecule has 0 aromatic heterocycles. The zero-order valence-corrected chi connectivity index (χ0v) is 8.55. The van der Waals surface area contributed by atoms with Gasteiger partial charge in [0, 0.05) is 5.69 Å². The molecule has 64 valence electrons. The molecule has 0 bridgehead atoms. The summed E-state index contributed by atoms with van der Waals surface area (Å²) in [5.74, 6) is -0.812. The molecule has 0 amide bonds. The molecule has 1 aromatic carbocycles. The average molecular weight is 279 g/mol. The van der Waals surface area contributed by atoms with Gasteiger partial charge >= 0.3 is 0 Å². The highest BCUT2D eigenvalue weighted by molar-refractivity contribution is 14.1. The van der Waals surface area contributed by atoms with E-state index in [1.165, 1.54) is 19.1 Å². The van der Waals surface area contributed by atoms with Crippen LogP contribution in [0, 0.1) is 9.39 Å². The summed E-state index contributed by atoms with van der Waals surface area (Å²) in [6.45, 7) is 1.32. The number of carbonyl (C=O) groups is 1. The molecule has 0 fully saturated rings. The molecular weight excluding hydrogens is 272 g/mol. The fourth-order valence-corrected chi connectivity index (χ4v) is 1.31. The highest BCUT2D eigenvalue weighted by atomic mass is 127. The second kappa shape index (κ2) is 3.38. The molecule has 0 saturated heterocycles. The lowest BCUT2D eigenvalue weighted by molar-refractivity contribution is 0.101. The summed E-state index contributed by atoms with van der Waals surface area (Å²) < 4.78 is 13.5. The van der Waals surface area contributed by atoms with Gasteiger partial charge in [-0.1, -0.05) is 0 Å². The molecular formula is C8H7FINO. The van der Waals surface area contributed by atoms with E-state index < -0.39 is 5.82 Å². The van der Waals surface area contributed by atoms with Crippen LogP contribution in [0.5, 0.6) is 0 Å². The molecule has 2 nitrogen and oxygen atoms in total. The van der Waals surface area contributed by atoms with Crippen LogP contribution in [-0.2, 0) is 0 Å². The van der Waals surface area contributed by atoms with Gasteiger partial charge in [0.2, 0.25) is 0 Å². The van der Waals surface area contributed by atoms with Crippen LogP contribution in [0.4, 0.5) is 10.1 Å². The Kier molecular flexibility index (Phi) is 2.66. The number of Topliss-reactive ketones (excluding diaryl/α,β-unsaturated/α-hetero) is 1. The number of hydrogen-bond donors (Lipinski definition) is 1. The Morgan fingerprint density at radius 3 is 2.67 bits per heavy atom. The number of rotatable bonds is 1. The third-order valence-corrected chi connectivity index (χ3v) is 2.59. The van der Waals surface area contributed by atoms with Gasteiger partial charge in [-0.2, -0.15) is 0 Å². The minimum absolute atomic E-state index is 0.0913. The molecule has 0 atom stereocenters. The van der Waals surface area contributed by atoms with Gasteiger partial charge < -0.3 is 5.73 Å². The van der Waals surface area contributed by atoms with Crippen molar-refractivity contribution in [3.63, 3.8) is 0 Å². The van der Waals surface area contributed by atoms with Crippen LogP contribution >= 0.6 is 22.6 Å². The number of hydrogen-bond acceptors (Lipinski definition) is 2. The van der Waals surface area contributed by atoms with Crippen molar-refractivity contribution in [1.29, 1.82) is 0 Å². The van der Waals surface area contributed by atoms with Crippen LogP contribution in [0.25, 0.3) is 0 Å². The molecule has 12 heavy (non-hydrogen) atoms. The quantitative estimate of drug-likeness (QED) is 0.486. The first-order valence-electron chi connectivity index (χ1n) is 3.28. The van der Waals surface area contributed by atoms with Gasteiger partial charge in [-0.3, -0.25) is 4.79 Å². The molecule has 4 heteroatoms. The van der Waals surface area contributed by atoms with E-state index in [0.717, 1.165) is 0 Å². The first kappa shape index (κ1) is 9.44. The van der Waals surface area contributed by atoms with Crippen molar-refractivity contribution in [3.8, 4) is 0 Å². The number of halogens is 2. The van der Waals surface area contributed by atoms with Gasteiger partial charge in [0.25, 0.3) is 0 Å². The SMILES string of the molecule is CC(=O)c1ccc(N)c(I)c1F. The smallest absolute Gasteiger partial charge is 0.162 e. The highest BCUT2D eigenvalue weighted by Crippen LogP contribution is 2.21. The average Bonchev–Trinajstić information content (AvgIpc) is 2.00. The number of benzene rings is 1. The van der Waals surface area contributed by atoms with E-state index >= 15 is 0 Å². The van der Waals surface area contributed by atoms with Gasteiger partial charge in [-0.25, -0.2) is 4.39 Å². The summed E-state index contributed by atoms with van der Waals surface area (Å²) in [5, 5.41) is 0. The maximum absolute atomic E-state index is 13.2. The summed E-state index contributed by atoms with van der Waals surface area (Å²) in [6, 6.07) is 2.93. The lowest BCUT2D eigenvalue weighted by Crippen LogP contribution is -2.01. The van der Waals surface area contributed by atoms with Crippen molar-refractivity contribution >= 4 is 34.1 Å². The number of carbonyl (C=O) groups excluding carboxylic acids is 1. The normalized spacial score (nSPS) is 9.92. The molecule has 0 radical (unpaired) electrons. The molecule has 0 aliphatic rings. The predicted molar refractivity (Wildman–Crippen MR) is 53.5 cm³/mol. The Morgan fingerprint density at radius 2 is 2.17 bits per heavy atom. The Labute approximate surface area is 83.1 Å². The molecule has 1 aromatic rings. The van der Waals surface area contributed by atoms with Crippen LogP contribution in [0.3, 0.4) is 0 Å². The van der Waals surface area contributed by atoms with Gasteiger partial charge in [0.05, 0.1) is 9.13 Å². The van der Waals surface area contributed by atoms with Gasteiger partial charge in [0.15, 0.2) is 5.78 Å². The topological polar surface area (TPSA) is 43.1 Å². The van der Waals surface area contributed by atoms with E-state index in [1.54, 1.807) is 22.6 Å². The van der Waals surface area contributed by atoms with Crippen LogP contribution in [0.1, 0.15) is 17.3 Å². The minimum atomic E-state index is -0.525. The fourth-order valence-electron chi connectivity index (χ4n) is 0.836. The van der Waals surface area contributed by atoms with Crippen molar-refractivity contribution < 1.29 is 9.18 Å². The standard InChI is InChI=1S/C8H7FINO/c1-4(12)5-2-3-6(11)8(10)7(5)9/h2-3H,11H2,1H3. The van der Waals surface area contributed by atoms with E-state index in [2.05, 4.69) is 0 Å². The summed E-state index contributed by atoms with van der Waals surface area (Å²) in [4.78, 5) is 10.8. The second-order valence-electron chi connectivity index (χ2n) is 2.39. The van der Waals surface area contributed by atoms with Gasteiger partial charge in [-0.05, 0) is 41.6 Å². The van der Waals surface area contributed by atoms with E-state index in [4.69, 9.17) is 5.73 Å². The Hall–Kier alpha value is -0.650. The molecule has 0 aliphatic carbocycles. The Bertz CT molecular complexity index is 338. The summed E-state index contributed by atoms with van der Waals surface area (Å²) in [6.07, 6.45) is 0. The summed E-state index contributed by atoms with van der Waals surface area (Å²) >= 11 is 1.78. The molecule has 1 rings (SSSR count). The predicted octanol–water partition coefficient (Wildman–Crippen LogP) is 2.22. The van der Waals surface area contributed by atoms with Crippen molar-refractivity contribution in [2.75, 3.05) is 5.73 Å². The van der Waals surface area contributed by atoms with Crippen molar-refractivity contribution in [2.24, 2.45) is 0 Å². The molecule has 0 unspecified atom stereocenters. The third-order valence-electron chi connectivity index (χ3n) is 1.49. The van der Waals surface area contributed by atoms with Gasteiger partial charge in [0.1, 0.15) is 5.82 Å². The summed E-state index contributed by atoms with van der Waals surface area (Å²) in [5.41, 5.74) is 5.88. The van der Waals surface area contributed by atoms with Crippen molar-refractivity contribution in [3.05, 3.63) is 27.1 Å². The number of nitrogens with two attached hydrogens (primary N) is 1. The van der Waals surface area contributed by atoms with Crippen LogP contribution < -0.4 is 5.73 Å². The van der Waals surface area contributed by atoms with Crippen molar-refractivity contribution in [2.45, 2.75) is 6.92 Å². The summed E-state index contributed by atoms with van der Waals surface area (Å²) in [7, 11) is 0. The maximum Gasteiger partial charge on any atom is 0.162 e. The fraction of sp³-hybridized carbons (Fsp3) is 0.125. The van der Waals surface area contributed by atoms with E-state index in [1.807, 2.05) is 0 Å². The second-order valence-corrected chi connectivity index (χ2v) is 3.47. The molecule has 0 aliphatic heterocycles. The molecule has 0 spiro atoms. The van der Waals surface area contributed by atoms with Crippen LogP contribution in [0.2, 0.25) is 0 Å². The van der Waals surface area contributed by atoms with Crippen LogP contribution in [-0.4, -0.2) is 5.78 Å². The molecule has 0 saturated carbocycles. The van der Waals surface area contributed by atoms with E-state index in [0.29, 0.717) is 9.26 Å². The largest absolute Gasteiger partial charge is 0.398 e. The maximum atomic E-state index is 13.2. The van der Waals surface area contributed by atoms with E-state index in [-0.39, 0.29) is 11.3 Å². The number of nitrogen functional groups attached to an aromatic ring is 1. The minimum Gasteiger partial charge on any atom is -0.398 e. The molecule has 0 heterocycles. The molecule has 2 N–H and O–H groups in total. The van der Waals surface area contributed by atoms with Crippen molar-refractivity contribution in [1.82, 2.24) is 0 Å². The monoisotopic (exact) mass is 279 g/mol. The number of anilines is 1. The number of ketones is 1. The zero-order valence-electron chi connectivity index (χ0n) is 6.40. The third kappa shape index (κ3) is 1.57. The Balaban J connectivity index is 3.36. The first-order valence-corrected chi connectivity index (χ1v) is 4.36. The van der Waals surface area contributed by atoms with E-state index in [9.17, 15) is 9.18 Å². The van der Waals surface area contributed by atoms with Gasteiger partial charge in [-0.15, -0.1) is 0 Å².